The van der Waals surface area contributed by atoms with Crippen LogP contribution in [0.4, 0.5) is 4.39 Å². The minimum atomic E-state index is -0.750. The Labute approximate surface area is 170 Å². The number of aromatic nitrogens is 4. The number of carbonyl (C=O) groups excluding carboxylic acids is 1. The van der Waals surface area contributed by atoms with Gasteiger partial charge >= 0.3 is 0 Å². The van der Waals surface area contributed by atoms with Crippen LogP contribution >= 0.6 is 11.6 Å². The summed E-state index contributed by atoms with van der Waals surface area (Å²) in [5.41, 5.74) is 1.22. The molecular weight excluding hydrogens is 399 g/mol. The number of rotatable bonds is 6. The molecule has 0 saturated heterocycles. The highest BCUT2D eigenvalue weighted by Crippen LogP contribution is 2.29. The van der Waals surface area contributed by atoms with Crippen LogP contribution in [-0.2, 0) is 6.54 Å². The van der Waals surface area contributed by atoms with Gasteiger partial charge in [0.25, 0.3) is 5.91 Å². The number of nitrogens with one attached hydrogen (secondary N) is 2. The van der Waals surface area contributed by atoms with Crippen molar-refractivity contribution in [3.05, 3.63) is 58.3 Å². The lowest BCUT2D eigenvalue weighted by Crippen LogP contribution is -2.36. The van der Waals surface area contributed by atoms with Gasteiger partial charge in [0.05, 0.1) is 34.6 Å². The lowest BCUT2D eigenvalue weighted by Gasteiger charge is -2.13. The molecule has 1 aromatic carbocycles. The van der Waals surface area contributed by atoms with Gasteiger partial charge in [0.2, 0.25) is 0 Å². The standard InChI is InChI=1S/C19H18ClFN6O2/c1-10(23-19(29)16-7-15(11(2)28)24-25-16)9-27-6-5-14(26-27)13-4-3-12(8-22)17(20)18(13)21/h3-7,10-11,28H,9H2,1-2H3,(H,23,29)(H,24,25)/t10-,11?/m0/s1. The number of aliphatic hydroxyl groups excluding tert-OH is 1. The lowest BCUT2D eigenvalue weighted by atomic mass is 10.1. The summed E-state index contributed by atoms with van der Waals surface area (Å²) in [6.07, 6.45) is 0.906. The van der Waals surface area contributed by atoms with E-state index in [0.717, 1.165) is 0 Å². The Bertz CT molecular complexity index is 1080. The van der Waals surface area contributed by atoms with E-state index in [1.54, 1.807) is 30.8 Å². The van der Waals surface area contributed by atoms with Crippen molar-refractivity contribution in [3.8, 4) is 17.3 Å². The molecule has 0 saturated carbocycles. The molecule has 150 valence electrons. The van der Waals surface area contributed by atoms with Crippen LogP contribution in [0.1, 0.15) is 41.7 Å². The first-order valence-electron chi connectivity index (χ1n) is 8.76. The third-order valence-corrected chi connectivity index (χ3v) is 4.61. The maximum absolute atomic E-state index is 14.4. The number of benzene rings is 1. The van der Waals surface area contributed by atoms with Gasteiger partial charge in [0.15, 0.2) is 5.82 Å². The smallest absolute Gasteiger partial charge is 0.272 e. The number of amides is 1. The van der Waals surface area contributed by atoms with E-state index in [-0.39, 0.29) is 27.9 Å². The van der Waals surface area contributed by atoms with Gasteiger partial charge in [-0.15, -0.1) is 0 Å². The average molecular weight is 417 g/mol. The fourth-order valence-corrected chi connectivity index (χ4v) is 2.94. The number of halogens is 2. The Morgan fingerprint density at radius 2 is 2.21 bits per heavy atom. The molecule has 10 heteroatoms. The third-order valence-electron chi connectivity index (χ3n) is 4.24. The van der Waals surface area contributed by atoms with Crippen LogP contribution in [0.2, 0.25) is 5.02 Å². The van der Waals surface area contributed by atoms with E-state index in [1.165, 1.54) is 18.2 Å². The van der Waals surface area contributed by atoms with Crippen LogP contribution in [0.5, 0.6) is 0 Å². The number of nitriles is 1. The van der Waals surface area contributed by atoms with E-state index in [0.29, 0.717) is 17.9 Å². The van der Waals surface area contributed by atoms with Crippen LogP contribution in [0.3, 0.4) is 0 Å². The lowest BCUT2D eigenvalue weighted by molar-refractivity contribution is 0.0931. The third kappa shape index (κ3) is 4.45. The summed E-state index contributed by atoms with van der Waals surface area (Å²) < 4.78 is 16.0. The Morgan fingerprint density at radius 3 is 2.86 bits per heavy atom. The van der Waals surface area contributed by atoms with Crippen molar-refractivity contribution in [2.24, 2.45) is 0 Å². The van der Waals surface area contributed by atoms with E-state index in [2.05, 4.69) is 20.6 Å². The number of hydrogen-bond acceptors (Lipinski definition) is 5. The van der Waals surface area contributed by atoms with Crippen molar-refractivity contribution in [1.82, 2.24) is 25.3 Å². The number of nitrogens with zero attached hydrogens (tertiary/aromatic N) is 4. The van der Waals surface area contributed by atoms with Crippen molar-refractivity contribution < 1.29 is 14.3 Å². The first-order valence-corrected chi connectivity index (χ1v) is 9.14. The second-order valence-corrected chi connectivity index (χ2v) is 6.96. The first kappa shape index (κ1) is 20.5. The van der Waals surface area contributed by atoms with E-state index in [9.17, 15) is 14.3 Å². The summed E-state index contributed by atoms with van der Waals surface area (Å²) in [5, 5.41) is 31.7. The highest BCUT2D eigenvalue weighted by Gasteiger charge is 2.17. The van der Waals surface area contributed by atoms with Gasteiger partial charge in [0, 0.05) is 17.8 Å². The Hall–Kier alpha value is -3.22. The minimum Gasteiger partial charge on any atom is -0.387 e. The number of H-pyrrole nitrogens is 1. The van der Waals surface area contributed by atoms with Gasteiger partial charge in [-0.2, -0.15) is 15.5 Å². The Kier molecular flexibility index (Phi) is 5.96. The van der Waals surface area contributed by atoms with Crippen LogP contribution in [0, 0.1) is 17.1 Å². The molecule has 0 spiro atoms. The fraction of sp³-hybridized carbons (Fsp3) is 0.263. The number of aromatic amines is 1. The molecule has 3 N–H and O–H groups in total. The molecule has 0 bridgehead atoms. The van der Waals surface area contributed by atoms with Crippen LogP contribution in [-0.4, -0.2) is 37.0 Å². The molecule has 2 atom stereocenters. The number of hydrogen-bond donors (Lipinski definition) is 3. The Balaban J connectivity index is 1.67. The molecule has 0 radical (unpaired) electrons. The average Bonchev–Trinajstić information content (AvgIpc) is 3.33. The largest absolute Gasteiger partial charge is 0.387 e. The summed E-state index contributed by atoms with van der Waals surface area (Å²) in [6.45, 7) is 3.70. The van der Waals surface area contributed by atoms with Crippen molar-refractivity contribution in [2.75, 3.05) is 0 Å². The van der Waals surface area contributed by atoms with E-state index < -0.39 is 17.8 Å². The maximum atomic E-state index is 14.4. The maximum Gasteiger partial charge on any atom is 0.272 e. The molecule has 0 aliphatic rings. The number of carbonyl (C=O) groups is 1. The second-order valence-electron chi connectivity index (χ2n) is 6.58. The summed E-state index contributed by atoms with van der Waals surface area (Å²) in [6, 6.07) is 7.53. The van der Waals surface area contributed by atoms with Gasteiger partial charge in [0.1, 0.15) is 11.8 Å². The van der Waals surface area contributed by atoms with Gasteiger partial charge in [-0.25, -0.2) is 4.39 Å². The molecule has 0 aliphatic carbocycles. The molecule has 2 heterocycles. The van der Waals surface area contributed by atoms with Crippen molar-refractivity contribution >= 4 is 17.5 Å². The van der Waals surface area contributed by atoms with Gasteiger partial charge in [-0.3, -0.25) is 14.6 Å². The second kappa shape index (κ2) is 8.43. The molecule has 2 aromatic heterocycles. The predicted molar refractivity (Wildman–Crippen MR) is 103 cm³/mol. The van der Waals surface area contributed by atoms with Crippen molar-refractivity contribution in [3.63, 3.8) is 0 Å². The highest BCUT2D eigenvalue weighted by atomic mass is 35.5. The predicted octanol–water partition coefficient (Wildman–Crippen LogP) is 2.81. The zero-order chi connectivity index (χ0) is 21.1. The van der Waals surface area contributed by atoms with Crippen molar-refractivity contribution in [2.45, 2.75) is 32.5 Å². The van der Waals surface area contributed by atoms with Gasteiger partial charge in [-0.1, -0.05) is 11.6 Å². The molecule has 0 aliphatic heterocycles. The molecular formula is C19H18ClFN6O2. The normalized spacial score (nSPS) is 13.0. The zero-order valence-corrected chi connectivity index (χ0v) is 16.4. The Morgan fingerprint density at radius 1 is 1.45 bits per heavy atom. The highest BCUT2D eigenvalue weighted by molar-refractivity contribution is 6.32. The fourth-order valence-electron chi connectivity index (χ4n) is 2.73. The SMILES string of the molecule is CC(O)c1cc(C(=O)N[C@@H](C)Cn2ccc(-c3ccc(C#N)c(Cl)c3F)n2)n[nH]1. The monoisotopic (exact) mass is 416 g/mol. The molecule has 8 nitrogen and oxygen atoms in total. The summed E-state index contributed by atoms with van der Waals surface area (Å²) in [4.78, 5) is 12.3. The summed E-state index contributed by atoms with van der Waals surface area (Å²) in [7, 11) is 0. The van der Waals surface area contributed by atoms with Gasteiger partial charge in [-0.05, 0) is 38.1 Å². The molecule has 0 fully saturated rings. The van der Waals surface area contributed by atoms with E-state index in [1.807, 2.05) is 6.07 Å². The zero-order valence-electron chi connectivity index (χ0n) is 15.6. The molecule has 1 unspecified atom stereocenters. The summed E-state index contributed by atoms with van der Waals surface area (Å²) >= 11 is 5.87. The topological polar surface area (TPSA) is 120 Å². The molecule has 3 aromatic rings. The quantitative estimate of drug-likeness (QED) is 0.570. The molecule has 29 heavy (non-hydrogen) atoms. The van der Waals surface area contributed by atoms with E-state index >= 15 is 0 Å². The van der Waals surface area contributed by atoms with E-state index in [4.69, 9.17) is 16.9 Å². The molecule has 3 rings (SSSR count). The first-order chi connectivity index (χ1) is 13.8. The molecule has 1 amide bonds. The minimum absolute atomic E-state index is 0.0563. The van der Waals surface area contributed by atoms with Crippen LogP contribution in [0.15, 0.2) is 30.5 Å². The van der Waals surface area contributed by atoms with Crippen molar-refractivity contribution in [1.29, 1.82) is 5.26 Å². The number of aliphatic hydroxyl groups is 1. The summed E-state index contributed by atoms with van der Waals surface area (Å²) in [5.74, 6) is -1.09. The van der Waals surface area contributed by atoms with Crippen LogP contribution in [0.25, 0.3) is 11.3 Å². The van der Waals surface area contributed by atoms with Crippen LogP contribution < -0.4 is 5.32 Å². The van der Waals surface area contributed by atoms with Gasteiger partial charge < -0.3 is 10.4 Å².